The summed E-state index contributed by atoms with van der Waals surface area (Å²) in [7, 11) is 0. The highest BCUT2D eigenvalue weighted by Crippen LogP contribution is 2.43. The van der Waals surface area contributed by atoms with Crippen molar-refractivity contribution in [3.63, 3.8) is 0 Å². The van der Waals surface area contributed by atoms with Gasteiger partial charge in [-0.05, 0) is 6.07 Å². The molecule has 1 N–H and O–H groups in total. The average molecular weight is 341 g/mol. The smallest absolute Gasteiger partial charge is 0.222 e. The Labute approximate surface area is 147 Å². The van der Waals surface area contributed by atoms with E-state index in [1.54, 1.807) is 12.5 Å². The minimum Gasteiger partial charge on any atom is -0.487 e. The van der Waals surface area contributed by atoms with Crippen molar-refractivity contribution in [2.24, 2.45) is 0 Å². The third-order valence-corrected chi connectivity index (χ3v) is 5.09. The minimum absolute atomic E-state index is 0.0154. The lowest BCUT2D eigenvalue weighted by Gasteiger charge is -2.44. The average Bonchev–Trinajstić information content (AvgIpc) is 3.14. The van der Waals surface area contributed by atoms with Gasteiger partial charge in [0.25, 0.3) is 0 Å². The molecular formula is C19H23N3O3. The second-order valence-corrected chi connectivity index (χ2v) is 6.81. The summed E-state index contributed by atoms with van der Waals surface area (Å²) >= 11 is 0. The number of aromatic nitrogens is 2. The Morgan fingerprint density at radius 1 is 1.32 bits per heavy atom. The quantitative estimate of drug-likeness (QED) is 0.928. The Bertz CT molecular complexity index is 723. The molecule has 2 aromatic rings. The molecule has 1 amide bonds. The highest BCUT2D eigenvalue weighted by molar-refractivity contribution is 5.76. The molecule has 0 saturated carbocycles. The van der Waals surface area contributed by atoms with Crippen LogP contribution in [-0.2, 0) is 16.1 Å². The van der Waals surface area contributed by atoms with Crippen LogP contribution in [0.1, 0.15) is 37.3 Å². The molecule has 6 nitrogen and oxygen atoms in total. The zero-order chi connectivity index (χ0) is 17.1. The van der Waals surface area contributed by atoms with E-state index in [1.807, 2.05) is 35.0 Å². The Kier molecular flexibility index (Phi) is 4.44. The number of carbonyl (C=O) groups excluding carboxylic acids is 1. The van der Waals surface area contributed by atoms with Crippen molar-refractivity contribution in [1.29, 1.82) is 0 Å². The van der Waals surface area contributed by atoms with Crippen LogP contribution in [0.2, 0.25) is 0 Å². The first-order valence-electron chi connectivity index (χ1n) is 8.85. The molecule has 0 bridgehead atoms. The van der Waals surface area contributed by atoms with Gasteiger partial charge in [0, 0.05) is 50.2 Å². The van der Waals surface area contributed by atoms with Gasteiger partial charge in [0.05, 0.1) is 25.6 Å². The van der Waals surface area contributed by atoms with Gasteiger partial charge in [0.1, 0.15) is 11.4 Å². The first-order valence-corrected chi connectivity index (χ1v) is 8.85. The Morgan fingerprint density at radius 2 is 2.16 bits per heavy atom. The van der Waals surface area contributed by atoms with Crippen molar-refractivity contribution < 1.29 is 14.3 Å². The molecule has 0 unspecified atom stereocenters. The maximum atomic E-state index is 12.5. The summed E-state index contributed by atoms with van der Waals surface area (Å²) in [6.07, 6.45) is 8.28. The molecule has 2 aliphatic heterocycles. The lowest BCUT2D eigenvalue weighted by molar-refractivity contribution is -0.123. The molecule has 0 radical (unpaired) electrons. The Balaban J connectivity index is 1.48. The van der Waals surface area contributed by atoms with Crippen molar-refractivity contribution in [1.82, 2.24) is 14.9 Å². The highest BCUT2D eigenvalue weighted by atomic mass is 16.5. The molecule has 1 aromatic heterocycles. The van der Waals surface area contributed by atoms with Gasteiger partial charge in [-0.2, -0.15) is 0 Å². The first kappa shape index (κ1) is 16.1. The standard InChI is InChI=1S/C19H23N3O3/c23-18(5-9-22-10-8-20-14-22)21-16-13-19(6-11-24-12-7-19)25-17-4-2-1-3-15(16)17/h1-4,8,10,14,16H,5-7,9,11-13H2,(H,21,23)/t16-/m1/s1. The van der Waals surface area contributed by atoms with Gasteiger partial charge in [-0.1, -0.05) is 18.2 Å². The van der Waals surface area contributed by atoms with Crippen LogP contribution in [0.15, 0.2) is 43.0 Å². The van der Waals surface area contributed by atoms with Crippen LogP contribution < -0.4 is 10.1 Å². The molecule has 1 fully saturated rings. The number of benzene rings is 1. The van der Waals surface area contributed by atoms with E-state index in [2.05, 4.69) is 10.3 Å². The minimum atomic E-state index is -0.227. The van der Waals surface area contributed by atoms with E-state index >= 15 is 0 Å². The third-order valence-electron chi connectivity index (χ3n) is 5.09. The topological polar surface area (TPSA) is 65.4 Å². The van der Waals surface area contributed by atoms with Crippen LogP contribution in [0, 0.1) is 0 Å². The number of nitrogens with zero attached hydrogens (tertiary/aromatic N) is 2. The fraction of sp³-hybridized carbons (Fsp3) is 0.474. The van der Waals surface area contributed by atoms with E-state index in [4.69, 9.17) is 9.47 Å². The third kappa shape index (κ3) is 3.54. The normalized spacial score (nSPS) is 21.4. The van der Waals surface area contributed by atoms with Crippen molar-refractivity contribution >= 4 is 5.91 Å². The Morgan fingerprint density at radius 3 is 2.96 bits per heavy atom. The van der Waals surface area contributed by atoms with E-state index in [1.165, 1.54) is 0 Å². The monoisotopic (exact) mass is 341 g/mol. The molecule has 2 aliphatic rings. The predicted octanol–water partition coefficient (Wildman–Crippen LogP) is 2.46. The SMILES string of the molecule is O=C(CCn1ccnc1)N[C@@H]1CC2(CCOCC2)Oc2ccccc21. The molecule has 0 aliphatic carbocycles. The number of nitrogens with one attached hydrogen (secondary N) is 1. The van der Waals surface area contributed by atoms with Gasteiger partial charge >= 0.3 is 0 Å². The molecule has 25 heavy (non-hydrogen) atoms. The number of amides is 1. The van der Waals surface area contributed by atoms with Gasteiger partial charge in [0.15, 0.2) is 0 Å². The van der Waals surface area contributed by atoms with E-state index in [0.29, 0.717) is 26.2 Å². The van der Waals surface area contributed by atoms with Crippen molar-refractivity contribution in [3.8, 4) is 5.75 Å². The molecule has 6 heteroatoms. The van der Waals surface area contributed by atoms with Gasteiger partial charge in [-0.3, -0.25) is 4.79 Å². The van der Waals surface area contributed by atoms with Gasteiger partial charge in [-0.25, -0.2) is 4.98 Å². The number of hydrogen-bond donors (Lipinski definition) is 1. The summed E-state index contributed by atoms with van der Waals surface area (Å²) in [6.45, 7) is 2.06. The molecule has 4 rings (SSSR count). The second-order valence-electron chi connectivity index (χ2n) is 6.81. The number of para-hydroxylation sites is 1. The number of aryl methyl sites for hydroxylation is 1. The lowest BCUT2D eigenvalue weighted by atomic mass is 9.82. The largest absolute Gasteiger partial charge is 0.487 e. The van der Waals surface area contributed by atoms with Gasteiger partial charge in [0.2, 0.25) is 5.91 Å². The van der Waals surface area contributed by atoms with E-state index < -0.39 is 0 Å². The van der Waals surface area contributed by atoms with Crippen LogP contribution >= 0.6 is 0 Å². The fourth-order valence-electron chi connectivity index (χ4n) is 3.71. The van der Waals surface area contributed by atoms with Crippen molar-refractivity contribution in [2.45, 2.75) is 43.9 Å². The fourth-order valence-corrected chi connectivity index (χ4v) is 3.71. The number of fused-ring (bicyclic) bond motifs is 1. The molecule has 3 heterocycles. The van der Waals surface area contributed by atoms with Crippen molar-refractivity contribution in [3.05, 3.63) is 48.5 Å². The zero-order valence-electron chi connectivity index (χ0n) is 14.2. The predicted molar refractivity (Wildman–Crippen MR) is 92.2 cm³/mol. The maximum absolute atomic E-state index is 12.5. The molecule has 1 aromatic carbocycles. The number of imidazole rings is 1. The van der Waals surface area contributed by atoms with Crippen LogP contribution in [-0.4, -0.2) is 34.3 Å². The second kappa shape index (κ2) is 6.88. The van der Waals surface area contributed by atoms with Crippen LogP contribution in [0.3, 0.4) is 0 Å². The summed E-state index contributed by atoms with van der Waals surface area (Å²) in [5, 5.41) is 3.22. The number of carbonyl (C=O) groups is 1. The molecule has 132 valence electrons. The summed E-state index contributed by atoms with van der Waals surface area (Å²) in [6, 6.07) is 8.00. The van der Waals surface area contributed by atoms with Gasteiger partial charge in [-0.15, -0.1) is 0 Å². The van der Waals surface area contributed by atoms with E-state index in [0.717, 1.165) is 30.6 Å². The van der Waals surface area contributed by atoms with E-state index in [-0.39, 0.29) is 17.6 Å². The van der Waals surface area contributed by atoms with Crippen molar-refractivity contribution in [2.75, 3.05) is 13.2 Å². The maximum Gasteiger partial charge on any atom is 0.222 e. The molecule has 1 atom stereocenters. The number of hydrogen-bond acceptors (Lipinski definition) is 4. The zero-order valence-corrected chi connectivity index (χ0v) is 14.2. The molecule has 1 spiro atoms. The summed E-state index contributed by atoms with van der Waals surface area (Å²) in [5.74, 6) is 0.938. The van der Waals surface area contributed by atoms with Crippen LogP contribution in [0.5, 0.6) is 5.75 Å². The number of ether oxygens (including phenoxy) is 2. The number of rotatable bonds is 4. The molecular weight excluding hydrogens is 318 g/mol. The first-order chi connectivity index (χ1) is 12.2. The van der Waals surface area contributed by atoms with Crippen LogP contribution in [0.4, 0.5) is 0 Å². The summed E-state index contributed by atoms with van der Waals surface area (Å²) in [5.41, 5.74) is 0.838. The summed E-state index contributed by atoms with van der Waals surface area (Å²) < 4.78 is 13.8. The lowest BCUT2D eigenvalue weighted by Crippen LogP contribution is -2.48. The van der Waals surface area contributed by atoms with Crippen LogP contribution in [0.25, 0.3) is 0 Å². The summed E-state index contributed by atoms with van der Waals surface area (Å²) in [4.78, 5) is 16.5. The van der Waals surface area contributed by atoms with Gasteiger partial charge < -0.3 is 19.4 Å². The van der Waals surface area contributed by atoms with E-state index in [9.17, 15) is 4.79 Å². The molecule has 1 saturated heterocycles. The Hall–Kier alpha value is -2.34. The highest BCUT2D eigenvalue weighted by Gasteiger charge is 2.42.